The van der Waals surface area contributed by atoms with Crippen LogP contribution in [0.4, 0.5) is 18.9 Å². The SMILES string of the molecule is CN(C)c1ccc(-c2cc3sc4c5sc(/C=C/C6=C(C#N)C(=C(C#N)C#N)OC6(c6ccccc6)C(F)(F)F)cc5sc4c3s2)cc1. The lowest BCUT2D eigenvalue weighted by Crippen LogP contribution is -2.43. The normalized spacial score (nSPS) is 16.6. The second-order valence-corrected chi connectivity index (χ2v) is 15.0. The summed E-state index contributed by atoms with van der Waals surface area (Å²) in [5, 5.41) is 29.0. The fraction of sp³-hybridized carbons (Fsp3) is 0.114. The van der Waals surface area contributed by atoms with Crippen LogP contribution in [0, 0.1) is 34.0 Å². The maximum absolute atomic E-state index is 15.1. The van der Waals surface area contributed by atoms with Crippen LogP contribution in [0.3, 0.4) is 0 Å². The van der Waals surface area contributed by atoms with Crippen molar-refractivity contribution in [1.29, 1.82) is 15.8 Å². The fourth-order valence-corrected chi connectivity index (χ4v) is 11.1. The van der Waals surface area contributed by atoms with Crippen LogP contribution >= 0.6 is 45.3 Å². The monoisotopic (exact) mass is 696 g/mol. The minimum Gasteiger partial charge on any atom is -0.465 e. The van der Waals surface area contributed by atoms with Gasteiger partial charge in [0.2, 0.25) is 0 Å². The molecule has 6 aromatic rings. The van der Waals surface area contributed by atoms with E-state index in [4.69, 9.17) is 4.74 Å². The van der Waals surface area contributed by atoms with Crippen molar-refractivity contribution in [3.8, 4) is 28.6 Å². The minimum absolute atomic E-state index is 0.273. The highest BCUT2D eigenvalue weighted by atomic mass is 32.1. The fourth-order valence-electron chi connectivity index (χ4n) is 5.59. The maximum Gasteiger partial charge on any atom is 0.437 e. The molecule has 2 aromatic carbocycles. The summed E-state index contributed by atoms with van der Waals surface area (Å²) in [6.45, 7) is 0. The van der Waals surface area contributed by atoms with Gasteiger partial charge in [0, 0.05) is 50.1 Å². The quantitative estimate of drug-likeness (QED) is 0.168. The molecule has 0 bridgehead atoms. The molecule has 1 aliphatic heterocycles. The van der Waals surface area contributed by atoms with Gasteiger partial charge in [-0.1, -0.05) is 48.5 Å². The number of hydrogen-bond donors (Lipinski definition) is 0. The van der Waals surface area contributed by atoms with E-state index in [1.807, 2.05) is 20.2 Å². The molecule has 5 nitrogen and oxygen atoms in total. The van der Waals surface area contributed by atoms with Crippen molar-refractivity contribution < 1.29 is 17.9 Å². The largest absolute Gasteiger partial charge is 0.465 e. The van der Waals surface area contributed by atoms with Crippen LogP contribution in [0.1, 0.15) is 10.4 Å². The highest BCUT2D eigenvalue weighted by molar-refractivity contribution is 7.45. The summed E-state index contributed by atoms with van der Waals surface area (Å²) in [5.74, 6) is -0.682. The topological polar surface area (TPSA) is 83.8 Å². The van der Waals surface area contributed by atoms with Crippen molar-refractivity contribution in [2.24, 2.45) is 0 Å². The van der Waals surface area contributed by atoms with Crippen LogP contribution in [-0.4, -0.2) is 20.3 Å². The molecule has 0 N–H and O–H groups in total. The van der Waals surface area contributed by atoms with Crippen molar-refractivity contribution in [3.63, 3.8) is 0 Å². The number of anilines is 1. The van der Waals surface area contributed by atoms with E-state index in [9.17, 15) is 15.8 Å². The first-order valence-electron chi connectivity index (χ1n) is 13.9. The average Bonchev–Trinajstić information content (AvgIpc) is 3.85. The third-order valence-corrected chi connectivity index (χ3v) is 13.1. The van der Waals surface area contributed by atoms with Crippen molar-refractivity contribution in [3.05, 3.63) is 106 Å². The molecule has 0 saturated heterocycles. The zero-order chi connectivity index (χ0) is 33.1. The smallest absolute Gasteiger partial charge is 0.437 e. The van der Waals surface area contributed by atoms with Gasteiger partial charge in [-0.25, -0.2) is 0 Å². The number of hydrogen-bond acceptors (Lipinski definition) is 9. The number of nitriles is 3. The van der Waals surface area contributed by atoms with Crippen LogP contribution in [0.5, 0.6) is 0 Å². The lowest BCUT2D eigenvalue weighted by Gasteiger charge is -2.33. The molecule has 12 heteroatoms. The van der Waals surface area contributed by atoms with Gasteiger partial charge in [-0.05, 0) is 35.9 Å². The Morgan fingerprint density at radius 3 is 2.04 bits per heavy atom. The molecule has 0 fully saturated rings. The van der Waals surface area contributed by atoms with Crippen LogP contribution in [0.2, 0.25) is 0 Å². The van der Waals surface area contributed by atoms with E-state index < -0.39 is 34.3 Å². The molecule has 47 heavy (non-hydrogen) atoms. The number of rotatable bonds is 5. The molecule has 1 atom stereocenters. The Morgan fingerprint density at radius 1 is 0.809 bits per heavy atom. The number of thiophene rings is 4. The van der Waals surface area contributed by atoms with E-state index in [-0.39, 0.29) is 5.56 Å². The number of nitrogens with zero attached hydrogens (tertiary/aromatic N) is 4. The Kier molecular flexibility index (Phi) is 7.46. The van der Waals surface area contributed by atoms with Crippen molar-refractivity contribution in [2.75, 3.05) is 19.0 Å². The van der Waals surface area contributed by atoms with Gasteiger partial charge in [0.15, 0.2) is 11.3 Å². The van der Waals surface area contributed by atoms with Crippen molar-refractivity contribution in [1.82, 2.24) is 0 Å². The summed E-state index contributed by atoms with van der Waals surface area (Å²) >= 11 is 6.56. The Hall–Kier alpha value is -4.90. The first-order chi connectivity index (χ1) is 22.6. The molecule has 0 amide bonds. The summed E-state index contributed by atoms with van der Waals surface area (Å²) in [6, 6.07) is 24.5. The molecule has 1 unspecified atom stereocenters. The molecule has 4 aromatic heterocycles. The Bertz CT molecular complexity index is 2420. The van der Waals surface area contributed by atoms with Gasteiger partial charge in [0.25, 0.3) is 5.60 Å². The predicted molar refractivity (Wildman–Crippen MR) is 185 cm³/mol. The van der Waals surface area contributed by atoms with E-state index in [1.165, 1.54) is 66.7 Å². The molecule has 0 spiro atoms. The summed E-state index contributed by atoms with van der Waals surface area (Å²) in [6.07, 6.45) is -2.27. The van der Waals surface area contributed by atoms with Gasteiger partial charge in [0.1, 0.15) is 23.8 Å². The second kappa shape index (κ2) is 11.4. The number of alkyl halides is 3. The summed E-state index contributed by atoms with van der Waals surface area (Å²) in [7, 11) is 4.02. The molecular weight excluding hydrogens is 678 g/mol. The van der Waals surface area contributed by atoms with Gasteiger partial charge >= 0.3 is 6.18 Å². The zero-order valence-electron chi connectivity index (χ0n) is 24.5. The van der Waals surface area contributed by atoms with Crippen molar-refractivity contribution in [2.45, 2.75) is 11.8 Å². The molecule has 230 valence electrons. The predicted octanol–water partition coefficient (Wildman–Crippen LogP) is 10.7. The van der Waals surface area contributed by atoms with Crippen LogP contribution in [-0.2, 0) is 10.3 Å². The van der Waals surface area contributed by atoms with Crippen LogP contribution in [0.15, 0.2) is 95.3 Å². The summed E-state index contributed by atoms with van der Waals surface area (Å²) < 4.78 is 57.6. The lowest BCUT2D eigenvalue weighted by molar-refractivity contribution is -0.249. The van der Waals surface area contributed by atoms with Gasteiger partial charge in [-0.15, -0.1) is 45.3 Å². The first-order valence-corrected chi connectivity index (χ1v) is 17.2. The standard InChI is InChI=1S/C35H19F3N4OS4/c1-42(2)22-10-8-19(9-11-22)26-15-28-31(45-26)33-32(47-28)30-27(46-33)14-23(44-30)12-13-25-24(18-41)29(20(16-39)17-40)43-34(25,35(36,37)38)21-6-4-3-5-7-21/h3-15H,1-2H3/b13-12+. The molecule has 7 rings (SSSR count). The second-order valence-electron chi connectivity index (χ2n) is 10.8. The number of benzene rings is 2. The highest BCUT2D eigenvalue weighted by Gasteiger charge is 2.65. The number of ether oxygens (including phenoxy) is 1. The van der Waals surface area contributed by atoms with E-state index >= 15 is 13.2 Å². The molecular formula is C35H19F3N4OS4. The van der Waals surface area contributed by atoms with E-state index in [0.717, 1.165) is 25.4 Å². The Morgan fingerprint density at radius 2 is 1.45 bits per heavy atom. The zero-order valence-corrected chi connectivity index (χ0v) is 27.7. The third-order valence-electron chi connectivity index (χ3n) is 7.81. The summed E-state index contributed by atoms with van der Waals surface area (Å²) in [4.78, 5) is 3.95. The van der Waals surface area contributed by atoms with Gasteiger partial charge in [-0.2, -0.15) is 29.0 Å². The maximum atomic E-state index is 15.1. The van der Waals surface area contributed by atoms with E-state index in [0.29, 0.717) is 4.88 Å². The van der Waals surface area contributed by atoms with E-state index in [2.05, 4.69) is 35.2 Å². The molecule has 0 saturated carbocycles. The molecule has 0 aliphatic carbocycles. The number of allylic oxidation sites excluding steroid dienone is 2. The third kappa shape index (κ3) is 4.83. The molecule has 5 heterocycles. The number of halogens is 3. The average molecular weight is 697 g/mol. The number of fused-ring (bicyclic) bond motifs is 5. The highest BCUT2D eigenvalue weighted by Crippen LogP contribution is 2.56. The van der Waals surface area contributed by atoms with Gasteiger partial charge in [0.05, 0.1) is 18.8 Å². The molecule has 1 aliphatic rings. The first kappa shape index (κ1) is 30.7. The van der Waals surface area contributed by atoms with Gasteiger partial charge in [-0.3, -0.25) is 0 Å². The molecule has 0 radical (unpaired) electrons. The Labute approximate surface area is 282 Å². The lowest BCUT2D eigenvalue weighted by atomic mass is 9.84. The summed E-state index contributed by atoms with van der Waals surface area (Å²) in [5.41, 5.74) is -2.77. The van der Waals surface area contributed by atoms with E-state index in [1.54, 1.807) is 58.3 Å². The van der Waals surface area contributed by atoms with Crippen LogP contribution in [0.25, 0.3) is 44.7 Å². The van der Waals surface area contributed by atoms with Gasteiger partial charge < -0.3 is 9.64 Å². The van der Waals surface area contributed by atoms with Crippen LogP contribution < -0.4 is 4.90 Å². The minimum atomic E-state index is -5.04. The van der Waals surface area contributed by atoms with Crippen molar-refractivity contribution >= 4 is 85.3 Å². The Balaban J connectivity index is 1.31.